The van der Waals surface area contributed by atoms with Crippen molar-refractivity contribution in [3.8, 4) is 0 Å². The quantitative estimate of drug-likeness (QED) is 0.482. The summed E-state index contributed by atoms with van der Waals surface area (Å²) in [5.41, 5.74) is 10.6. The van der Waals surface area contributed by atoms with Crippen LogP contribution in [-0.2, 0) is 6.42 Å². The van der Waals surface area contributed by atoms with Gasteiger partial charge < -0.3 is 15.5 Å². The summed E-state index contributed by atoms with van der Waals surface area (Å²) < 4.78 is 0. The molecule has 5 nitrogen and oxygen atoms in total. The van der Waals surface area contributed by atoms with E-state index in [1.165, 1.54) is 5.56 Å². The minimum absolute atomic E-state index is 0.254. The Morgan fingerprint density at radius 2 is 1.83 bits per heavy atom. The van der Waals surface area contributed by atoms with Gasteiger partial charge in [-0.05, 0) is 54.8 Å². The van der Waals surface area contributed by atoms with E-state index in [1.54, 1.807) is 18.2 Å². The van der Waals surface area contributed by atoms with Gasteiger partial charge in [-0.15, -0.1) is 0 Å². The SMILES string of the molecule is NC1Nc2cc(NC(=O)c3ccc(Cl)c(Cl)c3)ccc2N1CCCc1ccccc1. The van der Waals surface area contributed by atoms with E-state index >= 15 is 0 Å². The van der Waals surface area contributed by atoms with Crippen molar-refractivity contribution in [3.05, 3.63) is 87.9 Å². The molecule has 1 amide bonds. The van der Waals surface area contributed by atoms with Crippen molar-refractivity contribution in [1.29, 1.82) is 0 Å². The summed E-state index contributed by atoms with van der Waals surface area (Å²) in [6.45, 7) is 0.838. The van der Waals surface area contributed by atoms with Crippen LogP contribution in [0, 0.1) is 0 Å². The normalized spacial score (nSPS) is 14.9. The van der Waals surface area contributed by atoms with Crippen LogP contribution in [0.5, 0.6) is 0 Å². The lowest BCUT2D eigenvalue weighted by molar-refractivity contribution is 0.102. The highest BCUT2D eigenvalue weighted by Crippen LogP contribution is 2.35. The van der Waals surface area contributed by atoms with Gasteiger partial charge in [0, 0.05) is 17.8 Å². The van der Waals surface area contributed by atoms with E-state index in [0.29, 0.717) is 21.3 Å². The van der Waals surface area contributed by atoms with Crippen LogP contribution in [0.2, 0.25) is 10.0 Å². The van der Waals surface area contributed by atoms with Gasteiger partial charge in [-0.3, -0.25) is 10.5 Å². The average molecular weight is 441 g/mol. The summed E-state index contributed by atoms with van der Waals surface area (Å²) in [4.78, 5) is 14.7. The first-order chi connectivity index (χ1) is 14.5. The predicted molar refractivity (Wildman–Crippen MR) is 125 cm³/mol. The molecule has 1 heterocycles. The molecule has 0 aliphatic carbocycles. The maximum Gasteiger partial charge on any atom is 0.255 e. The lowest BCUT2D eigenvalue weighted by Crippen LogP contribution is -2.43. The highest BCUT2D eigenvalue weighted by Gasteiger charge is 2.25. The molecule has 0 aromatic heterocycles. The number of benzene rings is 3. The molecule has 30 heavy (non-hydrogen) atoms. The van der Waals surface area contributed by atoms with Crippen molar-refractivity contribution in [2.45, 2.75) is 19.1 Å². The Hall–Kier alpha value is -2.73. The molecule has 0 fully saturated rings. The molecule has 1 aliphatic heterocycles. The van der Waals surface area contributed by atoms with Crippen LogP contribution in [0.1, 0.15) is 22.3 Å². The van der Waals surface area contributed by atoms with Crippen LogP contribution in [0.15, 0.2) is 66.7 Å². The van der Waals surface area contributed by atoms with E-state index in [9.17, 15) is 4.79 Å². The van der Waals surface area contributed by atoms with E-state index in [1.807, 2.05) is 24.3 Å². The zero-order valence-corrected chi connectivity index (χ0v) is 17.8. The molecule has 1 unspecified atom stereocenters. The third-order valence-electron chi connectivity index (χ3n) is 5.09. The number of fused-ring (bicyclic) bond motifs is 1. The number of rotatable bonds is 6. The van der Waals surface area contributed by atoms with Gasteiger partial charge in [0.15, 0.2) is 6.29 Å². The van der Waals surface area contributed by atoms with E-state index in [2.05, 4.69) is 39.8 Å². The lowest BCUT2D eigenvalue weighted by Gasteiger charge is -2.23. The number of amides is 1. The van der Waals surface area contributed by atoms with Gasteiger partial charge in [-0.1, -0.05) is 53.5 Å². The molecule has 4 N–H and O–H groups in total. The van der Waals surface area contributed by atoms with E-state index in [-0.39, 0.29) is 12.2 Å². The number of aryl methyl sites for hydroxylation is 1. The van der Waals surface area contributed by atoms with E-state index in [0.717, 1.165) is 30.8 Å². The Kier molecular flexibility index (Phi) is 6.13. The zero-order chi connectivity index (χ0) is 21.1. The Morgan fingerprint density at radius 3 is 2.60 bits per heavy atom. The van der Waals surface area contributed by atoms with Crippen molar-refractivity contribution < 1.29 is 4.79 Å². The number of nitrogens with two attached hydrogens (primary N) is 1. The van der Waals surface area contributed by atoms with Crippen LogP contribution in [0.25, 0.3) is 0 Å². The largest absolute Gasteiger partial charge is 0.351 e. The fourth-order valence-electron chi connectivity index (χ4n) is 3.57. The first-order valence-corrected chi connectivity index (χ1v) is 10.5. The average Bonchev–Trinajstić information content (AvgIpc) is 3.05. The smallest absolute Gasteiger partial charge is 0.255 e. The van der Waals surface area contributed by atoms with Gasteiger partial charge in [-0.2, -0.15) is 0 Å². The minimum atomic E-state index is -0.295. The Balaban J connectivity index is 1.41. The number of carbonyl (C=O) groups is 1. The van der Waals surface area contributed by atoms with Gasteiger partial charge in [0.2, 0.25) is 0 Å². The van der Waals surface area contributed by atoms with Gasteiger partial charge >= 0.3 is 0 Å². The van der Waals surface area contributed by atoms with Crippen LogP contribution in [0.3, 0.4) is 0 Å². The fraction of sp³-hybridized carbons (Fsp3) is 0.174. The highest BCUT2D eigenvalue weighted by molar-refractivity contribution is 6.42. The second kappa shape index (κ2) is 8.96. The van der Waals surface area contributed by atoms with Crippen molar-refractivity contribution in [3.63, 3.8) is 0 Å². The summed E-state index contributed by atoms with van der Waals surface area (Å²) in [6, 6.07) is 20.9. The van der Waals surface area contributed by atoms with Crippen LogP contribution >= 0.6 is 23.2 Å². The summed E-state index contributed by atoms with van der Waals surface area (Å²) in [7, 11) is 0. The molecular formula is C23H22Cl2N4O. The summed E-state index contributed by atoms with van der Waals surface area (Å²) >= 11 is 11.9. The first kappa shape index (κ1) is 20.5. The number of anilines is 3. The Bertz CT molecular complexity index is 1060. The fourth-order valence-corrected chi connectivity index (χ4v) is 3.86. The number of halogens is 2. The maximum atomic E-state index is 12.5. The van der Waals surface area contributed by atoms with Gasteiger partial charge in [-0.25, -0.2) is 0 Å². The van der Waals surface area contributed by atoms with Gasteiger partial charge in [0.25, 0.3) is 5.91 Å². The number of nitrogens with one attached hydrogen (secondary N) is 2. The molecule has 0 spiro atoms. The molecule has 1 aliphatic rings. The molecule has 3 aromatic carbocycles. The number of carbonyl (C=O) groups excluding carboxylic acids is 1. The first-order valence-electron chi connectivity index (χ1n) is 9.74. The number of hydrogen-bond donors (Lipinski definition) is 3. The molecule has 3 aromatic rings. The van der Waals surface area contributed by atoms with Crippen LogP contribution in [-0.4, -0.2) is 18.7 Å². The molecule has 0 bridgehead atoms. The van der Waals surface area contributed by atoms with Gasteiger partial charge in [0.05, 0.1) is 21.4 Å². The molecular weight excluding hydrogens is 419 g/mol. The molecule has 154 valence electrons. The van der Waals surface area contributed by atoms with Crippen molar-refractivity contribution in [1.82, 2.24) is 0 Å². The Morgan fingerprint density at radius 1 is 1.03 bits per heavy atom. The highest BCUT2D eigenvalue weighted by atomic mass is 35.5. The molecule has 4 rings (SSSR count). The van der Waals surface area contributed by atoms with Gasteiger partial charge in [0.1, 0.15) is 0 Å². The van der Waals surface area contributed by atoms with E-state index < -0.39 is 0 Å². The summed E-state index contributed by atoms with van der Waals surface area (Å²) in [6.07, 6.45) is 1.70. The minimum Gasteiger partial charge on any atom is -0.351 e. The lowest BCUT2D eigenvalue weighted by atomic mass is 10.1. The molecule has 1 atom stereocenters. The molecule has 7 heteroatoms. The summed E-state index contributed by atoms with van der Waals surface area (Å²) in [5, 5.41) is 6.93. The third-order valence-corrected chi connectivity index (χ3v) is 5.83. The van der Waals surface area contributed by atoms with Crippen molar-refractivity contribution in [2.24, 2.45) is 5.73 Å². The second-order valence-corrected chi connectivity index (χ2v) is 8.00. The predicted octanol–water partition coefficient (Wildman–Crippen LogP) is 5.35. The monoisotopic (exact) mass is 440 g/mol. The van der Waals surface area contributed by atoms with E-state index in [4.69, 9.17) is 28.9 Å². The number of hydrogen-bond acceptors (Lipinski definition) is 4. The third kappa shape index (κ3) is 4.54. The van der Waals surface area contributed by atoms with Crippen molar-refractivity contribution >= 4 is 46.2 Å². The molecule has 0 saturated heterocycles. The van der Waals surface area contributed by atoms with Crippen LogP contribution < -0.4 is 21.3 Å². The number of nitrogens with zero attached hydrogens (tertiary/aromatic N) is 1. The maximum absolute atomic E-state index is 12.5. The molecule has 0 saturated carbocycles. The molecule has 0 radical (unpaired) electrons. The topological polar surface area (TPSA) is 70.4 Å². The summed E-state index contributed by atoms with van der Waals surface area (Å²) in [5.74, 6) is -0.254. The zero-order valence-electron chi connectivity index (χ0n) is 16.2. The standard InChI is InChI=1S/C23H22Cl2N4O/c24-18-10-8-16(13-19(18)25)22(30)27-17-9-11-21-20(14-17)28-23(26)29(21)12-4-7-15-5-2-1-3-6-15/h1-3,5-6,8-11,13-14,23,28H,4,7,12,26H2,(H,27,30). The second-order valence-electron chi connectivity index (χ2n) is 7.19. The van der Waals surface area contributed by atoms with Crippen molar-refractivity contribution in [2.75, 3.05) is 22.1 Å². The Labute approximate surface area is 185 Å². The van der Waals surface area contributed by atoms with Crippen LogP contribution in [0.4, 0.5) is 17.1 Å².